The maximum absolute atomic E-state index is 2.80. The highest BCUT2D eigenvalue weighted by Gasteiger charge is 2.42. The van der Waals surface area contributed by atoms with E-state index in [2.05, 4.69) is 72.0 Å². The fourth-order valence-electron chi connectivity index (χ4n) is 3.36. The maximum atomic E-state index is 2.80. The van der Waals surface area contributed by atoms with Crippen LogP contribution in [0.5, 0.6) is 0 Å². The lowest BCUT2D eigenvalue weighted by atomic mass is 10.2. The van der Waals surface area contributed by atoms with Crippen LogP contribution in [0.1, 0.15) is 24.8 Å². The lowest BCUT2D eigenvalue weighted by Crippen LogP contribution is -3.00. The van der Waals surface area contributed by atoms with Crippen molar-refractivity contribution in [1.29, 1.82) is 0 Å². The number of halogens is 1. The first-order valence-corrected chi connectivity index (χ1v) is 10.4. The summed E-state index contributed by atoms with van der Waals surface area (Å²) in [5.74, 6) is 0. The zero-order valence-corrected chi connectivity index (χ0v) is 15.8. The van der Waals surface area contributed by atoms with E-state index < -0.39 is 7.41 Å². The molecule has 0 aromatic heterocycles. The van der Waals surface area contributed by atoms with Crippen molar-refractivity contribution in [2.45, 2.75) is 25.4 Å². The SMILES string of the molecule is C[P+](Cc1ccccc1)(c1ccccc1)N1CCCCC1.[Br-]. The summed E-state index contributed by atoms with van der Waals surface area (Å²) in [4.78, 5) is 0. The van der Waals surface area contributed by atoms with Crippen molar-refractivity contribution < 1.29 is 17.0 Å². The Kier molecular flexibility index (Phi) is 6.62. The Bertz CT molecular complexity index is 554. The van der Waals surface area contributed by atoms with Crippen LogP contribution in [0.15, 0.2) is 60.7 Å². The van der Waals surface area contributed by atoms with Gasteiger partial charge >= 0.3 is 0 Å². The van der Waals surface area contributed by atoms with E-state index in [9.17, 15) is 0 Å². The Morgan fingerprint density at radius 1 is 0.818 bits per heavy atom. The molecule has 3 rings (SSSR count). The number of piperidine rings is 1. The van der Waals surface area contributed by atoms with E-state index in [1.807, 2.05) is 0 Å². The summed E-state index contributed by atoms with van der Waals surface area (Å²) in [5, 5.41) is 1.55. The largest absolute Gasteiger partial charge is 1.00 e. The minimum atomic E-state index is -1.29. The molecule has 2 aromatic carbocycles. The number of hydrogen-bond acceptors (Lipinski definition) is 1. The molecule has 0 spiro atoms. The first-order valence-electron chi connectivity index (χ1n) is 7.99. The molecule has 0 saturated carbocycles. The van der Waals surface area contributed by atoms with Crippen LogP contribution >= 0.6 is 7.41 Å². The van der Waals surface area contributed by atoms with E-state index in [1.165, 1.54) is 44.1 Å². The van der Waals surface area contributed by atoms with Crippen molar-refractivity contribution >= 4 is 12.7 Å². The van der Waals surface area contributed by atoms with Crippen molar-refractivity contribution in [3.8, 4) is 0 Å². The lowest BCUT2D eigenvalue weighted by molar-refractivity contribution is -0.00000444. The molecule has 0 amide bonds. The second-order valence-corrected chi connectivity index (χ2v) is 9.81. The summed E-state index contributed by atoms with van der Waals surface area (Å²) in [7, 11) is -1.29. The molecule has 1 atom stereocenters. The molecule has 0 bridgehead atoms. The van der Waals surface area contributed by atoms with Crippen molar-refractivity contribution in [2.24, 2.45) is 0 Å². The monoisotopic (exact) mass is 377 g/mol. The molecule has 22 heavy (non-hydrogen) atoms. The van der Waals surface area contributed by atoms with Gasteiger partial charge in [-0.05, 0) is 30.5 Å². The molecule has 1 heterocycles. The first-order chi connectivity index (χ1) is 10.3. The van der Waals surface area contributed by atoms with Crippen molar-refractivity contribution in [2.75, 3.05) is 19.8 Å². The standard InChI is InChI=1S/C19H25NP.BrH/c1-21(19-13-7-3-8-14-19,20-15-9-4-10-16-20)17-18-11-5-2-6-12-18;/h2-3,5-8,11-14H,4,9-10,15-17H2,1H3;1H/q+1;/p-1. The fourth-order valence-corrected chi connectivity index (χ4v) is 6.97. The molecule has 0 N–H and O–H groups in total. The van der Waals surface area contributed by atoms with Gasteiger partial charge in [0.2, 0.25) is 0 Å². The predicted molar refractivity (Wildman–Crippen MR) is 94.5 cm³/mol. The average molecular weight is 378 g/mol. The van der Waals surface area contributed by atoms with E-state index in [-0.39, 0.29) is 17.0 Å². The van der Waals surface area contributed by atoms with Gasteiger partial charge in [0.05, 0.1) is 6.66 Å². The van der Waals surface area contributed by atoms with E-state index in [0.717, 1.165) is 0 Å². The molecule has 0 radical (unpaired) electrons. The van der Waals surface area contributed by atoms with Crippen LogP contribution in [0, 0.1) is 0 Å². The Balaban J connectivity index is 0.00000176. The predicted octanol–water partition coefficient (Wildman–Crippen LogP) is 1.56. The lowest BCUT2D eigenvalue weighted by Gasteiger charge is -2.36. The summed E-state index contributed by atoms with van der Waals surface area (Å²) >= 11 is 0. The molecule has 1 aliphatic rings. The highest BCUT2D eigenvalue weighted by atomic mass is 79.9. The van der Waals surface area contributed by atoms with Crippen LogP contribution in [0.25, 0.3) is 0 Å². The fraction of sp³-hybridized carbons (Fsp3) is 0.368. The Labute approximate surface area is 145 Å². The Hall–Kier alpha value is -0.690. The Morgan fingerprint density at radius 2 is 1.36 bits per heavy atom. The van der Waals surface area contributed by atoms with Crippen LogP contribution < -0.4 is 22.3 Å². The minimum Gasteiger partial charge on any atom is -1.00 e. The minimum absolute atomic E-state index is 0. The van der Waals surface area contributed by atoms with Crippen molar-refractivity contribution in [3.05, 3.63) is 66.2 Å². The molecular formula is C19H25BrNP. The van der Waals surface area contributed by atoms with E-state index in [1.54, 1.807) is 5.30 Å². The van der Waals surface area contributed by atoms with Gasteiger partial charge in [0.1, 0.15) is 18.9 Å². The maximum Gasteiger partial charge on any atom is 0.117 e. The van der Waals surface area contributed by atoms with Gasteiger partial charge in [0.25, 0.3) is 0 Å². The summed E-state index contributed by atoms with van der Waals surface area (Å²) in [6.45, 7) is 5.07. The first kappa shape index (κ1) is 17.7. The molecular weight excluding hydrogens is 353 g/mol. The molecule has 1 aliphatic heterocycles. The molecule has 1 saturated heterocycles. The van der Waals surface area contributed by atoms with Gasteiger partial charge in [-0.1, -0.05) is 55.0 Å². The van der Waals surface area contributed by atoms with Gasteiger partial charge in [-0.25, -0.2) is 0 Å². The topological polar surface area (TPSA) is 3.24 Å². The smallest absolute Gasteiger partial charge is 0.117 e. The van der Waals surface area contributed by atoms with Crippen LogP contribution in [0.2, 0.25) is 0 Å². The molecule has 1 fully saturated rings. The van der Waals surface area contributed by atoms with Crippen molar-refractivity contribution in [3.63, 3.8) is 0 Å². The third-order valence-electron chi connectivity index (χ3n) is 4.60. The van der Waals surface area contributed by atoms with Crippen LogP contribution in [-0.4, -0.2) is 24.4 Å². The average Bonchev–Trinajstić information content (AvgIpc) is 2.57. The normalized spacial score (nSPS) is 18.2. The van der Waals surface area contributed by atoms with Gasteiger partial charge in [0.15, 0.2) is 0 Å². The molecule has 3 heteroatoms. The van der Waals surface area contributed by atoms with Crippen LogP contribution in [0.3, 0.4) is 0 Å². The summed E-state index contributed by atoms with van der Waals surface area (Å²) < 4.78 is 2.80. The third kappa shape index (κ3) is 3.98. The highest BCUT2D eigenvalue weighted by Crippen LogP contribution is 2.60. The second-order valence-electron chi connectivity index (χ2n) is 6.13. The zero-order chi connectivity index (χ0) is 14.5. The van der Waals surface area contributed by atoms with E-state index in [0.29, 0.717) is 0 Å². The summed E-state index contributed by atoms with van der Waals surface area (Å²) in [5.41, 5.74) is 1.47. The zero-order valence-electron chi connectivity index (χ0n) is 13.3. The van der Waals surface area contributed by atoms with Gasteiger partial charge in [-0.2, -0.15) is 4.67 Å². The number of nitrogens with zero attached hydrogens (tertiary/aromatic N) is 1. The van der Waals surface area contributed by atoms with Gasteiger partial charge in [-0.3, -0.25) is 0 Å². The molecule has 1 unspecified atom stereocenters. The van der Waals surface area contributed by atoms with Crippen molar-refractivity contribution in [1.82, 2.24) is 4.67 Å². The summed E-state index contributed by atoms with van der Waals surface area (Å²) in [6, 6.07) is 22.2. The van der Waals surface area contributed by atoms with Gasteiger partial charge < -0.3 is 17.0 Å². The molecule has 118 valence electrons. The molecule has 1 nitrogen and oxygen atoms in total. The summed E-state index contributed by atoms with van der Waals surface area (Å²) in [6.07, 6.45) is 5.31. The van der Waals surface area contributed by atoms with Crippen LogP contribution in [0.4, 0.5) is 0 Å². The van der Waals surface area contributed by atoms with E-state index >= 15 is 0 Å². The Morgan fingerprint density at radius 3 is 1.95 bits per heavy atom. The quantitative estimate of drug-likeness (QED) is 0.731. The second kappa shape index (κ2) is 8.24. The number of hydrogen-bond donors (Lipinski definition) is 0. The van der Waals surface area contributed by atoms with Gasteiger partial charge in [0, 0.05) is 13.1 Å². The van der Waals surface area contributed by atoms with Crippen LogP contribution in [-0.2, 0) is 6.16 Å². The third-order valence-corrected chi connectivity index (χ3v) is 8.64. The molecule has 2 aromatic rings. The number of rotatable bonds is 4. The van der Waals surface area contributed by atoms with Gasteiger partial charge in [-0.15, -0.1) is 0 Å². The molecule has 0 aliphatic carbocycles. The number of benzene rings is 2. The van der Waals surface area contributed by atoms with E-state index in [4.69, 9.17) is 0 Å². The highest BCUT2D eigenvalue weighted by molar-refractivity contribution is 7.79.